The van der Waals surface area contributed by atoms with Gasteiger partial charge in [0.2, 0.25) is 5.91 Å². The molecule has 0 saturated carbocycles. The number of nitrogens with zero attached hydrogens (tertiary/aromatic N) is 3. The second kappa shape index (κ2) is 14.5. The Kier molecular flexibility index (Phi) is 10.5. The van der Waals surface area contributed by atoms with E-state index in [1.807, 2.05) is 71.1 Å². The highest BCUT2D eigenvalue weighted by Gasteiger charge is 2.37. The molecule has 1 fully saturated rings. The molecule has 5 rings (SSSR count). The summed E-state index contributed by atoms with van der Waals surface area (Å²) in [7, 11) is 1.27. The number of anilines is 1. The van der Waals surface area contributed by atoms with E-state index in [0.29, 0.717) is 35.0 Å². The van der Waals surface area contributed by atoms with Gasteiger partial charge in [-0.25, -0.2) is 23.9 Å². The minimum atomic E-state index is -0.724. The van der Waals surface area contributed by atoms with E-state index in [9.17, 15) is 19.2 Å². The number of carbonyl (C=O) groups is 4. The van der Waals surface area contributed by atoms with Crippen LogP contribution in [0, 0.1) is 5.92 Å². The number of aromatic nitrogens is 3. The number of ether oxygens (including phenoxy) is 3. The number of nitrogens with one attached hydrogen (secondary N) is 3. The van der Waals surface area contributed by atoms with E-state index < -0.39 is 35.5 Å². The minimum Gasteiger partial charge on any atom is -0.453 e. The molecule has 272 valence electrons. The Labute approximate surface area is 298 Å². The molecule has 0 aliphatic carbocycles. The summed E-state index contributed by atoms with van der Waals surface area (Å²) in [5.41, 5.74) is 2.69. The second-order valence-electron chi connectivity index (χ2n) is 15.0. The molecular weight excluding hydrogens is 652 g/mol. The second-order valence-corrected chi connectivity index (χ2v) is 15.0. The van der Waals surface area contributed by atoms with E-state index in [1.54, 1.807) is 43.9 Å². The molecule has 0 radical (unpaired) electrons. The Morgan fingerprint density at radius 2 is 1.57 bits per heavy atom. The number of methoxy groups -OCH3 is 1. The zero-order valence-electron chi connectivity index (χ0n) is 30.7. The molecule has 51 heavy (non-hydrogen) atoms. The van der Waals surface area contributed by atoms with E-state index in [-0.39, 0.29) is 17.9 Å². The molecule has 0 unspecified atom stereocenters. The predicted molar refractivity (Wildman–Crippen MR) is 194 cm³/mol. The van der Waals surface area contributed by atoms with Crippen LogP contribution in [0.1, 0.15) is 80.1 Å². The standard InChI is InChI=1S/C38H48N6O7/c1-22(2)31(42-34(46)49-9)33(45)43-18-10-11-29(43)32-39-21-27(41-32)23-12-14-24(15-13-23)30-20-25-19-26(40-35(47)50-37(3,4)5)16-17-28(25)44(30)36(48)51-38(6,7)8/h12-17,19-22,29,31H,10-11,18H2,1-9H3,(H,39,41)(H,40,47)(H,42,46)/t29-,31-/m0/s1. The average Bonchev–Trinajstić information content (AvgIpc) is 3.79. The molecule has 1 aliphatic heterocycles. The molecule has 13 heteroatoms. The van der Waals surface area contributed by atoms with E-state index in [4.69, 9.17) is 19.2 Å². The van der Waals surface area contributed by atoms with Crippen LogP contribution in [0.5, 0.6) is 0 Å². The monoisotopic (exact) mass is 700 g/mol. The fraction of sp³-hybridized carbons (Fsp3) is 0.447. The van der Waals surface area contributed by atoms with Crippen molar-refractivity contribution in [1.29, 1.82) is 0 Å². The summed E-state index contributed by atoms with van der Waals surface area (Å²) in [6, 6.07) is 13.8. The minimum absolute atomic E-state index is 0.131. The molecule has 4 aromatic rings. The highest BCUT2D eigenvalue weighted by atomic mass is 16.6. The SMILES string of the molecule is COC(=O)N[C@H](C(=O)N1CCC[C@H]1c1nc(-c2ccc(-c3cc4cc(NC(=O)OC(C)(C)C)ccc4n3C(=O)OC(C)(C)C)cc2)c[nH]1)C(C)C. The van der Waals surface area contributed by atoms with Crippen LogP contribution in [0.2, 0.25) is 0 Å². The molecular formula is C38H48N6O7. The quantitative estimate of drug-likeness (QED) is 0.164. The van der Waals surface area contributed by atoms with Crippen LogP contribution in [-0.2, 0) is 19.0 Å². The number of imidazole rings is 1. The summed E-state index contributed by atoms with van der Waals surface area (Å²) in [6.07, 6.45) is 1.62. The van der Waals surface area contributed by atoms with Crippen molar-refractivity contribution in [2.75, 3.05) is 19.0 Å². The maximum absolute atomic E-state index is 13.6. The van der Waals surface area contributed by atoms with E-state index >= 15 is 0 Å². The molecule has 2 aromatic carbocycles. The summed E-state index contributed by atoms with van der Waals surface area (Å²) in [6.45, 7) is 15.1. The number of rotatable bonds is 7. The molecule has 3 amide bonds. The molecule has 3 heterocycles. The van der Waals surface area contributed by atoms with Gasteiger partial charge in [-0.15, -0.1) is 0 Å². The molecule has 3 N–H and O–H groups in total. The maximum atomic E-state index is 13.6. The first kappa shape index (κ1) is 36.9. The highest BCUT2D eigenvalue weighted by Crippen LogP contribution is 2.35. The Balaban J connectivity index is 1.42. The smallest absolute Gasteiger partial charge is 0.419 e. The Hall–Kier alpha value is -5.33. The van der Waals surface area contributed by atoms with Crippen LogP contribution in [0.25, 0.3) is 33.4 Å². The largest absolute Gasteiger partial charge is 0.453 e. The van der Waals surface area contributed by atoms with Crippen molar-refractivity contribution < 1.29 is 33.4 Å². The van der Waals surface area contributed by atoms with Crippen molar-refractivity contribution in [3.63, 3.8) is 0 Å². The van der Waals surface area contributed by atoms with Gasteiger partial charge in [-0.2, -0.15) is 0 Å². The summed E-state index contributed by atoms with van der Waals surface area (Å²) in [5.74, 6) is 0.364. The Morgan fingerprint density at radius 1 is 0.902 bits per heavy atom. The predicted octanol–water partition coefficient (Wildman–Crippen LogP) is 7.87. The number of alkyl carbamates (subject to hydrolysis) is 1. The number of carbonyl (C=O) groups excluding carboxylic acids is 4. The van der Waals surface area contributed by atoms with Gasteiger partial charge >= 0.3 is 18.3 Å². The van der Waals surface area contributed by atoms with Crippen LogP contribution < -0.4 is 10.6 Å². The Morgan fingerprint density at radius 3 is 2.20 bits per heavy atom. The first-order chi connectivity index (χ1) is 23.9. The maximum Gasteiger partial charge on any atom is 0.419 e. The lowest BCUT2D eigenvalue weighted by atomic mass is 10.0. The van der Waals surface area contributed by atoms with Crippen molar-refractivity contribution in [3.8, 4) is 22.5 Å². The third kappa shape index (κ3) is 8.70. The highest BCUT2D eigenvalue weighted by molar-refractivity contribution is 5.99. The molecule has 2 atom stereocenters. The van der Waals surface area contributed by atoms with Gasteiger partial charge in [-0.3, -0.25) is 10.1 Å². The molecule has 1 aliphatic rings. The zero-order valence-corrected chi connectivity index (χ0v) is 30.7. The van der Waals surface area contributed by atoms with Crippen molar-refractivity contribution >= 4 is 40.8 Å². The third-order valence-corrected chi connectivity index (χ3v) is 8.34. The normalized spacial score (nSPS) is 15.5. The van der Waals surface area contributed by atoms with Crippen LogP contribution in [0.3, 0.4) is 0 Å². The first-order valence-electron chi connectivity index (χ1n) is 17.1. The van der Waals surface area contributed by atoms with E-state index in [2.05, 4.69) is 15.6 Å². The molecule has 0 bridgehead atoms. The molecule has 1 saturated heterocycles. The van der Waals surface area contributed by atoms with Crippen LogP contribution in [0.15, 0.2) is 54.7 Å². The lowest BCUT2D eigenvalue weighted by Gasteiger charge is -2.29. The van der Waals surface area contributed by atoms with Gasteiger partial charge in [0.1, 0.15) is 23.1 Å². The number of hydrogen-bond acceptors (Lipinski definition) is 8. The van der Waals surface area contributed by atoms with Crippen molar-refractivity contribution in [3.05, 3.63) is 60.6 Å². The van der Waals surface area contributed by atoms with Crippen molar-refractivity contribution in [2.24, 2.45) is 5.92 Å². The van der Waals surface area contributed by atoms with E-state index in [1.165, 1.54) is 11.7 Å². The van der Waals surface area contributed by atoms with Crippen molar-refractivity contribution in [2.45, 2.75) is 91.5 Å². The number of fused-ring (bicyclic) bond motifs is 1. The summed E-state index contributed by atoms with van der Waals surface area (Å²) < 4.78 is 17.5. The average molecular weight is 701 g/mol. The number of aromatic amines is 1. The summed E-state index contributed by atoms with van der Waals surface area (Å²) >= 11 is 0. The number of H-pyrrole nitrogens is 1. The lowest BCUT2D eigenvalue weighted by Crippen LogP contribution is -2.51. The number of likely N-dealkylation sites (tertiary alicyclic amines) is 1. The zero-order chi connectivity index (χ0) is 37.2. The fourth-order valence-electron chi connectivity index (χ4n) is 6.09. The van der Waals surface area contributed by atoms with Gasteiger partial charge < -0.3 is 29.4 Å². The van der Waals surface area contributed by atoms with Gasteiger partial charge in [0.05, 0.1) is 30.1 Å². The summed E-state index contributed by atoms with van der Waals surface area (Å²) in [4.78, 5) is 61.4. The number of amides is 3. The van der Waals surface area contributed by atoms with Gasteiger partial charge in [-0.1, -0.05) is 38.1 Å². The van der Waals surface area contributed by atoms with Crippen LogP contribution in [0.4, 0.5) is 20.1 Å². The fourth-order valence-corrected chi connectivity index (χ4v) is 6.09. The van der Waals surface area contributed by atoms with Crippen LogP contribution in [-0.4, -0.2) is 74.5 Å². The van der Waals surface area contributed by atoms with Crippen LogP contribution >= 0.6 is 0 Å². The van der Waals surface area contributed by atoms with Gasteiger partial charge in [0, 0.05) is 29.4 Å². The topological polar surface area (TPSA) is 157 Å². The van der Waals surface area contributed by atoms with Crippen molar-refractivity contribution in [1.82, 2.24) is 24.8 Å². The molecule has 2 aromatic heterocycles. The Bertz CT molecular complexity index is 1910. The van der Waals surface area contributed by atoms with E-state index in [0.717, 1.165) is 29.4 Å². The van der Waals surface area contributed by atoms with Gasteiger partial charge in [-0.05, 0) is 90.1 Å². The van der Waals surface area contributed by atoms with Gasteiger partial charge in [0.15, 0.2) is 0 Å². The lowest BCUT2D eigenvalue weighted by molar-refractivity contribution is -0.135. The number of hydrogen-bond donors (Lipinski definition) is 3. The molecule has 13 nitrogen and oxygen atoms in total. The summed E-state index contributed by atoms with van der Waals surface area (Å²) in [5, 5.41) is 6.16. The number of benzene rings is 2. The molecule has 0 spiro atoms. The third-order valence-electron chi connectivity index (χ3n) is 8.34. The van der Waals surface area contributed by atoms with Gasteiger partial charge in [0.25, 0.3) is 0 Å². The first-order valence-corrected chi connectivity index (χ1v) is 17.1.